The molecule has 0 bridgehead atoms. The fourth-order valence-electron chi connectivity index (χ4n) is 4.01. The molecule has 9 heteroatoms. The highest BCUT2D eigenvalue weighted by Gasteiger charge is 2.43. The fraction of sp³-hybridized carbons (Fsp3) is 0.480. The predicted octanol–water partition coefficient (Wildman–Crippen LogP) is 3.30. The van der Waals surface area contributed by atoms with Gasteiger partial charge < -0.3 is 34.3 Å². The molecule has 34 heavy (non-hydrogen) atoms. The number of anilines is 2. The van der Waals surface area contributed by atoms with E-state index in [1.807, 2.05) is 31.2 Å². The van der Waals surface area contributed by atoms with E-state index < -0.39 is 0 Å². The lowest BCUT2D eigenvalue weighted by Gasteiger charge is -2.15. The van der Waals surface area contributed by atoms with Crippen molar-refractivity contribution in [1.82, 2.24) is 5.32 Å². The smallest absolute Gasteiger partial charge is 0.199 e. The molecule has 3 aliphatic rings. The first kappa shape index (κ1) is 22.9. The van der Waals surface area contributed by atoms with Crippen LogP contribution < -0.4 is 20.7 Å². The van der Waals surface area contributed by atoms with E-state index in [-0.39, 0.29) is 37.1 Å². The van der Waals surface area contributed by atoms with Gasteiger partial charge in [-0.1, -0.05) is 12.1 Å². The zero-order valence-electron chi connectivity index (χ0n) is 19.3. The van der Waals surface area contributed by atoms with Crippen LogP contribution in [0.5, 0.6) is 5.75 Å². The molecule has 0 spiro atoms. The second kappa shape index (κ2) is 10.2. The molecule has 6 atom stereocenters. The summed E-state index contributed by atoms with van der Waals surface area (Å²) in [6, 6.07) is 15.9. The number of ether oxygens (including phenoxy) is 5. The van der Waals surface area contributed by atoms with Gasteiger partial charge in [0, 0.05) is 30.1 Å². The van der Waals surface area contributed by atoms with Gasteiger partial charge in [-0.3, -0.25) is 5.32 Å². The highest BCUT2D eigenvalue weighted by atomic mass is 16.8. The number of rotatable bonds is 11. The summed E-state index contributed by atoms with van der Waals surface area (Å²) in [6.07, 6.45) is 0.444. The number of hydrogen-bond donors (Lipinski definition) is 3. The molecule has 5 rings (SSSR count). The van der Waals surface area contributed by atoms with E-state index >= 15 is 0 Å². The Labute approximate surface area is 199 Å². The summed E-state index contributed by atoms with van der Waals surface area (Å²) < 4.78 is 28.1. The molecule has 3 fully saturated rings. The Morgan fingerprint density at radius 2 is 1.91 bits per heavy atom. The quantitative estimate of drug-likeness (QED) is 0.429. The van der Waals surface area contributed by atoms with Crippen LogP contribution in [0.4, 0.5) is 11.4 Å². The van der Waals surface area contributed by atoms with Gasteiger partial charge in [0.15, 0.2) is 25.0 Å². The third kappa shape index (κ3) is 5.60. The number of benzene rings is 2. The highest BCUT2D eigenvalue weighted by Crippen LogP contribution is 2.31. The average molecular weight is 467 g/mol. The van der Waals surface area contributed by atoms with E-state index in [0.29, 0.717) is 24.5 Å². The third-order valence-electron chi connectivity index (χ3n) is 5.98. The molecule has 0 saturated carbocycles. The highest BCUT2D eigenvalue weighted by molar-refractivity contribution is 5.57. The first-order valence-corrected chi connectivity index (χ1v) is 11.7. The van der Waals surface area contributed by atoms with Crippen molar-refractivity contribution < 1.29 is 23.7 Å². The molecule has 0 radical (unpaired) electrons. The van der Waals surface area contributed by atoms with Crippen LogP contribution in [0.25, 0.3) is 0 Å². The summed E-state index contributed by atoms with van der Waals surface area (Å²) in [5.74, 6) is 0.568. The predicted molar refractivity (Wildman–Crippen MR) is 125 cm³/mol. The molecule has 3 aliphatic heterocycles. The molecular formula is C25H30N4O5. The lowest BCUT2D eigenvalue weighted by molar-refractivity contribution is -0.0147. The Kier molecular flexibility index (Phi) is 6.85. The molecule has 4 unspecified atom stereocenters. The molecule has 3 N–H and O–H groups in total. The van der Waals surface area contributed by atoms with Crippen molar-refractivity contribution in [1.29, 1.82) is 5.26 Å². The normalized spacial score (nSPS) is 28.1. The van der Waals surface area contributed by atoms with Gasteiger partial charge >= 0.3 is 0 Å². The first-order chi connectivity index (χ1) is 16.6. The minimum absolute atomic E-state index is 0.0958. The van der Waals surface area contributed by atoms with Crippen molar-refractivity contribution in [2.45, 2.75) is 57.4 Å². The zero-order chi connectivity index (χ0) is 23.5. The van der Waals surface area contributed by atoms with Gasteiger partial charge in [0.05, 0.1) is 24.9 Å². The van der Waals surface area contributed by atoms with E-state index in [0.717, 1.165) is 30.0 Å². The van der Waals surface area contributed by atoms with Crippen LogP contribution in [-0.4, -0.2) is 50.9 Å². The van der Waals surface area contributed by atoms with Crippen molar-refractivity contribution in [2.24, 2.45) is 0 Å². The largest absolute Gasteiger partial charge is 0.492 e. The van der Waals surface area contributed by atoms with E-state index in [1.165, 1.54) is 0 Å². The minimum Gasteiger partial charge on any atom is -0.492 e. The maximum atomic E-state index is 9.21. The Balaban J connectivity index is 1.10. The number of nitrogens with one attached hydrogen (secondary N) is 3. The lowest BCUT2D eigenvalue weighted by Crippen LogP contribution is -2.26. The van der Waals surface area contributed by atoms with Gasteiger partial charge in [0.1, 0.15) is 11.8 Å². The molecular weight excluding hydrogens is 436 g/mol. The number of epoxide rings is 2. The molecule has 3 heterocycles. The third-order valence-corrected chi connectivity index (χ3v) is 5.98. The van der Waals surface area contributed by atoms with Crippen LogP contribution in [0, 0.1) is 11.3 Å². The van der Waals surface area contributed by atoms with E-state index in [1.54, 1.807) is 6.07 Å². The maximum Gasteiger partial charge on any atom is 0.199 e. The van der Waals surface area contributed by atoms with Crippen molar-refractivity contribution in [3.8, 4) is 11.8 Å². The lowest BCUT2D eigenvalue weighted by atomic mass is 10.1. The average Bonchev–Trinajstić information content (AvgIpc) is 3.68. The molecule has 9 nitrogen and oxygen atoms in total. The summed E-state index contributed by atoms with van der Waals surface area (Å²) in [5, 5.41) is 19.4. The van der Waals surface area contributed by atoms with Crippen LogP contribution in [0.2, 0.25) is 0 Å². The summed E-state index contributed by atoms with van der Waals surface area (Å²) in [4.78, 5) is 0. The van der Waals surface area contributed by atoms with E-state index in [9.17, 15) is 5.26 Å². The molecule has 0 aliphatic carbocycles. The monoisotopic (exact) mass is 466 g/mol. The van der Waals surface area contributed by atoms with Crippen LogP contribution in [-0.2, 0) is 18.9 Å². The SMILES string of the molecule is CCOc1cc(NC2OC2Nc2cccc([C@H](C)NC3OC3O[C@H]3CCOC3)c2)ccc1C#N. The van der Waals surface area contributed by atoms with Gasteiger partial charge in [-0.05, 0) is 50.1 Å². The summed E-state index contributed by atoms with van der Waals surface area (Å²) in [7, 11) is 0. The summed E-state index contributed by atoms with van der Waals surface area (Å²) in [5.41, 5.74) is 3.47. The van der Waals surface area contributed by atoms with Gasteiger partial charge in [-0.2, -0.15) is 5.26 Å². The zero-order valence-corrected chi connectivity index (χ0v) is 19.3. The van der Waals surface area contributed by atoms with E-state index in [2.05, 4.69) is 41.1 Å². The molecule has 2 aromatic carbocycles. The molecule has 180 valence electrons. The van der Waals surface area contributed by atoms with E-state index in [4.69, 9.17) is 23.7 Å². The Hall–Kier alpha value is -2.87. The van der Waals surface area contributed by atoms with Gasteiger partial charge in [0.25, 0.3) is 0 Å². The second-order valence-electron chi connectivity index (χ2n) is 8.58. The molecule has 0 amide bonds. The Morgan fingerprint density at radius 1 is 1.09 bits per heavy atom. The van der Waals surface area contributed by atoms with Crippen molar-refractivity contribution in [2.75, 3.05) is 30.5 Å². The van der Waals surface area contributed by atoms with Crippen LogP contribution in [0.3, 0.4) is 0 Å². The number of hydrogen-bond acceptors (Lipinski definition) is 9. The topological polar surface area (TPSA) is 113 Å². The maximum absolute atomic E-state index is 9.21. The van der Waals surface area contributed by atoms with Crippen LogP contribution >= 0.6 is 0 Å². The van der Waals surface area contributed by atoms with Crippen LogP contribution in [0.1, 0.15) is 37.4 Å². The summed E-state index contributed by atoms with van der Waals surface area (Å²) in [6.45, 7) is 5.91. The molecule has 3 saturated heterocycles. The van der Waals surface area contributed by atoms with Crippen LogP contribution in [0.15, 0.2) is 42.5 Å². The van der Waals surface area contributed by atoms with Crippen molar-refractivity contribution >= 4 is 11.4 Å². The fourth-order valence-corrected chi connectivity index (χ4v) is 4.01. The minimum atomic E-state index is -0.201. The second-order valence-corrected chi connectivity index (χ2v) is 8.58. The van der Waals surface area contributed by atoms with Gasteiger partial charge in [0.2, 0.25) is 0 Å². The number of nitrogens with zero attached hydrogens (tertiary/aromatic N) is 1. The van der Waals surface area contributed by atoms with Gasteiger partial charge in [-0.25, -0.2) is 0 Å². The Morgan fingerprint density at radius 3 is 2.65 bits per heavy atom. The first-order valence-electron chi connectivity index (χ1n) is 11.7. The Bertz CT molecular complexity index is 1040. The number of nitriles is 1. The summed E-state index contributed by atoms with van der Waals surface area (Å²) >= 11 is 0. The van der Waals surface area contributed by atoms with Crippen molar-refractivity contribution in [3.05, 3.63) is 53.6 Å². The van der Waals surface area contributed by atoms with Crippen molar-refractivity contribution in [3.63, 3.8) is 0 Å². The van der Waals surface area contributed by atoms with Gasteiger partial charge in [-0.15, -0.1) is 0 Å². The molecule has 0 aromatic heterocycles. The standard InChI is InChI=1S/C25H30N4O5/c1-3-31-21-12-19(8-7-17(21)13-26)29-23-22(33-23)28-18-6-4-5-16(11-18)15(2)27-24-25(34-24)32-20-9-10-30-14-20/h4-8,11-12,15,20,22-25,27-29H,3,9-10,14H2,1-2H3/t15-,20-,22?,23?,24?,25?/m0/s1. The molecule has 2 aromatic rings.